The number of alkyl halides is 1. The van der Waals surface area contributed by atoms with Gasteiger partial charge in [-0.3, -0.25) is 0 Å². The Bertz CT molecular complexity index is 510. The molecule has 0 saturated heterocycles. The summed E-state index contributed by atoms with van der Waals surface area (Å²) in [6.07, 6.45) is 1.43. The van der Waals surface area contributed by atoms with Crippen LogP contribution < -0.4 is 0 Å². The number of hydrogen-bond acceptors (Lipinski definition) is 2. The van der Waals surface area contributed by atoms with E-state index in [-0.39, 0.29) is 16.0 Å². The van der Waals surface area contributed by atoms with E-state index in [1.54, 1.807) is 19.1 Å². The molecule has 2 aromatic rings. The van der Waals surface area contributed by atoms with Gasteiger partial charge in [-0.2, -0.15) is 0 Å². The second kappa shape index (κ2) is 4.44. The van der Waals surface area contributed by atoms with Crippen molar-refractivity contribution in [2.75, 3.05) is 0 Å². The Labute approximate surface area is 102 Å². The third-order valence-corrected chi connectivity index (χ3v) is 2.56. The van der Waals surface area contributed by atoms with E-state index in [2.05, 4.69) is 4.98 Å². The number of hydrogen-bond donors (Lipinski definition) is 0. The maximum absolute atomic E-state index is 13.6. The molecule has 5 heteroatoms. The molecule has 1 aromatic heterocycles. The zero-order valence-corrected chi connectivity index (χ0v) is 9.89. The van der Waals surface area contributed by atoms with Crippen LogP contribution in [0.5, 0.6) is 0 Å². The minimum Gasteiger partial charge on any atom is -0.439 e. The highest BCUT2D eigenvalue weighted by Gasteiger charge is 2.15. The van der Waals surface area contributed by atoms with E-state index in [0.29, 0.717) is 11.7 Å². The molecule has 2 nitrogen and oxygen atoms in total. The Morgan fingerprint density at radius 2 is 2.19 bits per heavy atom. The maximum atomic E-state index is 13.6. The fraction of sp³-hybridized carbons (Fsp3) is 0.182. The first-order chi connectivity index (χ1) is 7.59. The zero-order valence-electron chi connectivity index (χ0n) is 8.38. The molecule has 0 N–H and O–H groups in total. The Hall–Kier alpha value is -1.06. The number of benzene rings is 1. The summed E-state index contributed by atoms with van der Waals surface area (Å²) in [5.41, 5.74) is 0.281. The van der Waals surface area contributed by atoms with Gasteiger partial charge in [-0.1, -0.05) is 17.7 Å². The molecule has 1 heterocycles. The van der Waals surface area contributed by atoms with Crippen LogP contribution in [0.2, 0.25) is 5.02 Å². The molecule has 0 aliphatic heterocycles. The van der Waals surface area contributed by atoms with E-state index in [0.717, 1.165) is 0 Å². The van der Waals surface area contributed by atoms with Crippen molar-refractivity contribution < 1.29 is 8.81 Å². The van der Waals surface area contributed by atoms with Crippen molar-refractivity contribution in [3.8, 4) is 11.3 Å². The van der Waals surface area contributed by atoms with E-state index < -0.39 is 5.82 Å². The lowest BCUT2D eigenvalue weighted by Crippen LogP contribution is -1.83. The monoisotopic (exact) mass is 259 g/mol. The largest absolute Gasteiger partial charge is 0.439 e. The lowest BCUT2D eigenvalue weighted by Gasteiger charge is -2.00. The molecule has 1 atom stereocenters. The van der Waals surface area contributed by atoms with E-state index in [1.807, 2.05) is 0 Å². The van der Waals surface area contributed by atoms with Gasteiger partial charge in [-0.25, -0.2) is 9.37 Å². The lowest BCUT2D eigenvalue weighted by molar-refractivity contribution is 0.504. The molecule has 0 saturated carbocycles. The number of nitrogens with zero attached hydrogens (tertiary/aromatic N) is 1. The molecule has 0 aliphatic carbocycles. The topological polar surface area (TPSA) is 26.0 Å². The highest BCUT2D eigenvalue weighted by Crippen LogP contribution is 2.30. The summed E-state index contributed by atoms with van der Waals surface area (Å²) < 4.78 is 19.0. The molecule has 0 bridgehead atoms. The van der Waals surface area contributed by atoms with Crippen molar-refractivity contribution in [3.63, 3.8) is 0 Å². The molecule has 84 valence electrons. The van der Waals surface area contributed by atoms with Crippen LogP contribution in [-0.2, 0) is 0 Å². The summed E-state index contributed by atoms with van der Waals surface area (Å²) in [5.74, 6) is 0.160. The van der Waals surface area contributed by atoms with Gasteiger partial charge in [0.25, 0.3) is 0 Å². The molecule has 0 aliphatic rings. The first kappa shape index (κ1) is 11.4. The minimum absolute atomic E-state index is 0.0503. The molecule has 0 radical (unpaired) electrons. The van der Waals surface area contributed by atoms with E-state index in [1.165, 1.54) is 12.3 Å². The number of oxazole rings is 1. The van der Waals surface area contributed by atoms with Gasteiger partial charge in [-0.15, -0.1) is 11.6 Å². The average molecular weight is 260 g/mol. The van der Waals surface area contributed by atoms with Gasteiger partial charge in [0.05, 0.1) is 16.8 Å². The minimum atomic E-state index is -0.519. The third-order valence-electron chi connectivity index (χ3n) is 2.08. The molecule has 0 spiro atoms. The molecule has 1 unspecified atom stereocenters. The maximum Gasteiger partial charge on any atom is 0.212 e. The van der Waals surface area contributed by atoms with Crippen LogP contribution in [0.25, 0.3) is 11.3 Å². The predicted molar refractivity (Wildman–Crippen MR) is 61.2 cm³/mol. The molecule has 16 heavy (non-hydrogen) atoms. The smallest absolute Gasteiger partial charge is 0.212 e. The van der Waals surface area contributed by atoms with Crippen molar-refractivity contribution in [2.24, 2.45) is 0 Å². The molecule has 2 rings (SSSR count). The van der Waals surface area contributed by atoms with Crippen LogP contribution in [-0.4, -0.2) is 4.98 Å². The number of aromatic nitrogens is 1. The van der Waals surface area contributed by atoms with Crippen LogP contribution in [0.3, 0.4) is 0 Å². The standard InChI is InChI=1S/C11H8Cl2FNO/c1-6(12)11-15-5-9(16-11)7-3-2-4-8(13)10(7)14/h2-6H,1H3. The van der Waals surface area contributed by atoms with Crippen molar-refractivity contribution >= 4 is 23.2 Å². The van der Waals surface area contributed by atoms with Gasteiger partial charge >= 0.3 is 0 Å². The van der Waals surface area contributed by atoms with Crippen LogP contribution in [0.15, 0.2) is 28.8 Å². The summed E-state index contributed by atoms with van der Waals surface area (Å²) in [6, 6.07) is 4.69. The highest BCUT2D eigenvalue weighted by atomic mass is 35.5. The predicted octanol–water partition coefficient (Wildman–Crippen LogP) is 4.43. The summed E-state index contributed by atoms with van der Waals surface area (Å²) in [6.45, 7) is 1.73. The van der Waals surface area contributed by atoms with Crippen LogP contribution in [0, 0.1) is 5.82 Å². The van der Waals surface area contributed by atoms with Gasteiger partial charge in [0, 0.05) is 0 Å². The fourth-order valence-corrected chi connectivity index (χ4v) is 1.57. The van der Waals surface area contributed by atoms with Crippen molar-refractivity contribution in [2.45, 2.75) is 12.3 Å². The summed E-state index contributed by atoms with van der Waals surface area (Å²) in [7, 11) is 0. The Kier molecular flexibility index (Phi) is 3.17. The van der Waals surface area contributed by atoms with E-state index in [9.17, 15) is 4.39 Å². The van der Waals surface area contributed by atoms with Gasteiger partial charge in [0.15, 0.2) is 11.6 Å². The molecule has 0 amide bonds. The Morgan fingerprint density at radius 3 is 2.81 bits per heavy atom. The van der Waals surface area contributed by atoms with E-state index in [4.69, 9.17) is 27.6 Å². The third kappa shape index (κ3) is 2.06. The highest BCUT2D eigenvalue weighted by molar-refractivity contribution is 6.31. The summed E-state index contributed by atoms with van der Waals surface area (Å²) >= 11 is 11.5. The second-order valence-corrected chi connectivity index (χ2v) is 4.34. The lowest BCUT2D eigenvalue weighted by atomic mass is 10.2. The quantitative estimate of drug-likeness (QED) is 0.746. The molecular weight excluding hydrogens is 252 g/mol. The van der Waals surface area contributed by atoms with Crippen LogP contribution in [0.1, 0.15) is 18.2 Å². The number of rotatable bonds is 2. The van der Waals surface area contributed by atoms with Crippen molar-refractivity contribution in [1.29, 1.82) is 0 Å². The summed E-state index contributed by atoms with van der Waals surface area (Å²) in [4.78, 5) is 3.95. The van der Waals surface area contributed by atoms with Crippen molar-refractivity contribution in [3.05, 3.63) is 41.1 Å². The van der Waals surface area contributed by atoms with Gasteiger partial charge in [0.1, 0.15) is 5.38 Å². The first-order valence-corrected chi connectivity index (χ1v) is 5.45. The van der Waals surface area contributed by atoms with Crippen molar-refractivity contribution in [1.82, 2.24) is 4.98 Å². The Balaban J connectivity index is 2.47. The molecule has 0 fully saturated rings. The number of halogens is 3. The normalized spacial score (nSPS) is 12.8. The second-order valence-electron chi connectivity index (χ2n) is 3.28. The van der Waals surface area contributed by atoms with Gasteiger partial charge in [0.2, 0.25) is 5.89 Å². The fourth-order valence-electron chi connectivity index (χ4n) is 1.29. The molecule has 1 aromatic carbocycles. The van der Waals surface area contributed by atoms with Crippen LogP contribution in [0.4, 0.5) is 4.39 Å². The average Bonchev–Trinajstić information content (AvgIpc) is 2.71. The van der Waals surface area contributed by atoms with Crippen LogP contribution >= 0.6 is 23.2 Å². The summed E-state index contributed by atoms with van der Waals surface area (Å²) in [5, 5.41) is -0.301. The van der Waals surface area contributed by atoms with Gasteiger partial charge in [-0.05, 0) is 19.1 Å². The van der Waals surface area contributed by atoms with E-state index >= 15 is 0 Å². The zero-order chi connectivity index (χ0) is 11.7. The first-order valence-electron chi connectivity index (χ1n) is 4.63. The van der Waals surface area contributed by atoms with Gasteiger partial charge < -0.3 is 4.42 Å². The molecular formula is C11H8Cl2FNO. The Morgan fingerprint density at radius 1 is 1.44 bits per heavy atom. The SMILES string of the molecule is CC(Cl)c1ncc(-c2cccc(Cl)c2F)o1.